The summed E-state index contributed by atoms with van der Waals surface area (Å²) in [5, 5.41) is 2.54. The maximum absolute atomic E-state index is 13.1. The highest BCUT2D eigenvalue weighted by atomic mass is 35.5. The Kier molecular flexibility index (Phi) is 5.51. The Balaban J connectivity index is 1.62. The SMILES string of the molecule is COc1ccc(Cl)cc1CN(C)C(=O)Cn1c(-c2cscn2)nc2ccccc21. The number of halogens is 1. The van der Waals surface area contributed by atoms with E-state index in [-0.39, 0.29) is 12.5 Å². The van der Waals surface area contributed by atoms with Crippen molar-refractivity contribution in [2.45, 2.75) is 13.1 Å². The number of thiazole rings is 1. The van der Waals surface area contributed by atoms with Crippen LogP contribution in [0.5, 0.6) is 5.75 Å². The summed E-state index contributed by atoms with van der Waals surface area (Å²) in [4.78, 5) is 23.8. The number of ether oxygens (including phenoxy) is 1. The number of carbonyl (C=O) groups excluding carboxylic acids is 1. The zero-order valence-corrected chi connectivity index (χ0v) is 17.6. The van der Waals surface area contributed by atoms with Gasteiger partial charge in [0.15, 0.2) is 5.82 Å². The van der Waals surface area contributed by atoms with Crippen LogP contribution in [0.4, 0.5) is 0 Å². The van der Waals surface area contributed by atoms with Gasteiger partial charge in [-0.25, -0.2) is 9.97 Å². The van der Waals surface area contributed by atoms with Crippen molar-refractivity contribution in [1.82, 2.24) is 19.4 Å². The van der Waals surface area contributed by atoms with Crippen molar-refractivity contribution in [1.29, 1.82) is 0 Å². The van der Waals surface area contributed by atoms with Gasteiger partial charge in [0.2, 0.25) is 5.91 Å². The number of nitrogens with zero attached hydrogens (tertiary/aromatic N) is 4. The summed E-state index contributed by atoms with van der Waals surface area (Å²) in [6.45, 7) is 0.550. The van der Waals surface area contributed by atoms with E-state index in [9.17, 15) is 4.79 Å². The van der Waals surface area contributed by atoms with Crippen LogP contribution in [0.2, 0.25) is 5.02 Å². The number of aromatic nitrogens is 3. The van der Waals surface area contributed by atoms with E-state index < -0.39 is 0 Å². The first-order chi connectivity index (χ1) is 14.1. The van der Waals surface area contributed by atoms with E-state index in [0.717, 1.165) is 22.3 Å². The highest BCUT2D eigenvalue weighted by Gasteiger charge is 2.19. The number of hydrogen-bond acceptors (Lipinski definition) is 5. The summed E-state index contributed by atoms with van der Waals surface area (Å²) in [6.07, 6.45) is 0. The second-order valence-corrected chi connectivity index (χ2v) is 7.75. The van der Waals surface area contributed by atoms with Crippen molar-refractivity contribution in [3.63, 3.8) is 0 Å². The number of rotatable bonds is 6. The number of likely N-dealkylation sites (N-methyl/N-ethyl adjacent to an activating group) is 1. The maximum atomic E-state index is 13.1. The Morgan fingerprint density at radius 3 is 2.86 bits per heavy atom. The first kappa shape index (κ1) is 19.4. The molecule has 0 aliphatic rings. The molecule has 4 aromatic rings. The standard InChI is InChI=1S/C21H19ClN4O2S/c1-25(10-14-9-15(22)7-8-19(14)28-2)20(27)11-26-18-6-4-3-5-16(18)24-21(26)17-12-29-13-23-17/h3-9,12-13H,10-11H2,1-2H3. The van der Waals surface area contributed by atoms with Crippen molar-refractivity contribution in [3.8, 4) is 17.3 Å². The zero-order chi connectivity index (χ0) is 20.4. The van der Waals surface area contributed by atoms with Crippen LogP contribution in [-0.2, 0) is 17.9 Å². The molecule has 0 unspecified atom stereocenters. The summed E-state index contributed by atoms with van der Waals surface area (Å²) in [5.41, 5.74) is 5.11. The molecule has 6 nitrogen and oxygen atoms in total. The lowest BCUT2D eigenvalue weighted by atomic mass is 10.2. The first-order valence-corrected chi connectivity index (χ1v) is 10.3. The van der Waals surface area contributed by atoms with E-state index in [2.05, 4.69) is 9.97 Å². The van der Waals surface area contributed by atoms with Crippen LogP contribution in [0.3, 0.4) is 0 Å². The van der Waals surface area contributed by atoms with Crippen LogP contribution in [0, 0.1) is 0 Å². The van der Waals surface area contributed by atoms with Gasteiger partial charge >= 0.3 is 0 Å². The van der Waals surface area contributed by atoms with Gasteiger partial charge in [0, 0.05) is 29.6 Å². The van der Waals surface area contributed by atoms with E-state index in [1.54, 1.807) is 36.7 Å². The molecule has 0 atom stereocenters. The van der Waals surface area contributed by atoms with Crippen LogP contribution in [-0.4, -0.2) is 39.5 Å². The molecular weight excluding hydrogens is 408 g/mol. The molecule has 0 N–H and O–H groups in total. The molecular formula is C21H19ClN4O2S. The number of fused-ring (bicyclic) bond motifs is 1. The minimum absolute atomic E-state index is 0.0494. The molecule has 8 heteroatoms. The van der Waals surface area contributed by atoms with Crippen LogP contribution >= 0.6 is 22.9 Å². The fourth-order valence-corrected chi connectivity index (χ4v) is 3.95. The summed E-state index contributed by atoms with van der Waals surface area (Å²) in [6, 6.07) is 13.2. The Bertz CT molecular complexity index is 1160. The average Bonchev–Trinajstić information content (AvgIpc) is 3.36. The number of amides is 1. The molecule has 0 spiro atoms. The van der Waals surface area contributed by atoms with Crippen LogP contribution in [0.15, 0.2) is 53.4 Å². The molecule has 2 aromatic heterocycles. The minimum atomic E-state index is -0.0494. The van der Waals surface area contributed by atoms with Crippen LogP contribution in [0.1, 0.15) is 5.56 Å². The highest BCUT2D eigenvalue weighted by molar-refractivity contribution is 7.07. The van der Waals surface area contributed by atoms with Gasteiger partial charge in [0.05, 0.1) is 23.7 Å². The first-order valence-electron chi connectivity index (χ1n) is 8.97. The number of imidazole rings is 1. The second kappa shape index (κ2) is 8.23. The molecule has 0 radical (unpaired) electrons. The average molecular weight is 427 g/mol. The number of methoxy groups -OCH3 is 1. The topological polar surface area (TPSA) is 60.2 Å². The van der Waals surface area contributed by atoms with Crippen molar-refractivity contribution in [2.24, 2.45) is 0 Å². The Hall–Kier alpha value is -2.90. The third-order valence-corrected chi connectivity index (χ3v) is 5.51. The molecule has 0 fully saturated rings. The Morgan fingerprint density at radius 1 is 1.28 bits per heavy atom. The van der Waals surface area contributed by atoms with Gasteiger partial charge < -0.3 is 14.2 Å². The lowest BCUT2D eigenvalue weighted by Gasteiger charge is -2.20. The number of hydrogen-bond donors (Lipinski definition) is 0. The largest absolute Gasteiger partial charge is 0.496 e. The van der Waals surface area contributed by atoms with Gasteiger partial charge in [-0.3, -0.25) is 4.79 Å². The van der Waals surface area contributed by atoms with Gasteiger partial charge in [-0.15, -0.1) is 11.3 Å². The lowest BCUT2D eigenvalue weighted by Crippen LogP contribution is -2.30. The van der Waals surface area contributed by atoms with E-state index in [0.29, 0.717) is 23.1 Å². The van der Waals surface area contributed by atoms with Gasteiger partial charge in [-0.2, -0.15) is 0 Å². The molecule has 0 saturated carbocycles. The molecule has 148 valence electrons. The fraction of sp³-hybridized carbons (Fsp3) is 0.190. The Morgan fingerprint density at radius 2 is 2.10 bits per heavy atom. The molecule has 2 heterocycles. The summed E-state index contributed by atoms with van der Waals surface area (Å²) >= 11 is 7.62. The van der Waals surface area contributed by atoms with Crippen molar-refractivity contribution >= 4 is 39.9 Å². The van der Waals surface area contributed by atoms with E-state index in [1.807, 2.05) is 40.3 Å². The molecule has 0 saturated heterocycles. The molecule has 29 heavy (non-hydrogen) atoms. The zero-order valence-electron chi connectivity index (χ0n) is 16.0. The van der Waals surface area contributed by atoms with Gasteiger partial charge in [-0.1, -0.05) is 23.7 Å². The van der Waals surface area contributed by atoms with Crippen molar-refractivity contribution in [2.75, 3.05) is 14.2 Å². The molecule has 0 bridgehead atoms. The monoisotopic (exact) mass is 426 g/mol. The third-order valence-electron chi connectivity index (χ3n) is 4.69. The van der Waals surface area contributed by atoms with Crippen molar-refractivity contribution in [3.05, 3.63) is 63.9 Å². The van der Waals surface area contributed by atoms with E-state index in [1.165, 1.54) is 11.3 Å². The van der Waals surface area contributed by atoms with Crippen LogP contribution in [0.25, 0.3) is 22.6 Å². The molecule has 0 aliphatic heterocycles. The normalized spacial score (nSPS) is 11.0. The van der Waals surface area contributed by atoms with E-state index >= 15 is 0 Å². The predicted molar refractivity (Wildman–Crippen MR) is 115 cm³/mol. The quantitative estimate of drug-likeness (QED) is 0.456. The van der Waals surface area contributed by atoms with Gasteiger partial charge in [-0.05, 0) is 30.3 Å². The van der Waals surface area contributed by atoms with Crippen molar-refractivity contribution < 1.29 is 9.53 Å². The number of benzene rings is 2. The number of para-hydroxylation sites is 2. The summed E-state index contributed by atoms with van der Waals surface area (Å²) in [5.74, 6) is 1.34. The van der Waals surface area contributed by atoms with Gasteiger partial charge in [0.25, 0.3) is 0 Å². The minimum Gasteiger partial charge on any atom is -0.496 e. The summed E-state index contributed by atoms with van der Waals surface area (Å²) < 4.78 is 7.31. The lowest BCUT2D eigenvalue weighted by molar-refractivity contribution is -0.130. The molecule has 2 aromatic carbocycles. The second-order valence-electron chi connectivity index (χ2n) is 6.59. The predicted octanol–water partition coefficient (Wildman–Crippen LogP) is 4.48. The smallest absolute Gasteiger partial charge is 0.242 e. The Labute approximate surface area is 177 Å². The van der Waals surface area contributed by atoms with E-state index in [4.69, 9.17) is 16.3 Å². The third kappa shape index (κ3) is 3.97. The van der Waals surface area contributed by atoms with Crippen LogP contribution < -0.4 is 4.74 Å². The number of carbonyl (C=O) groups is 1. The molecule has 4 rings (SSSR count). The highest BCUT2D eigenvalue weighted by Crippen LogP contribution is 2.26. The molecule has 0 aliphatic carbocycles. The van der Waals surface area contributed by atoms with Gasteiger partial charge in [0.1, 0.15) is 18.0 Å². The molecule has 1 amide bonds. The summed E-state index contributed by atoms with van der Waals surface area (Å²) in [7, 11) is 3.37. The fourth-order valence-electron chi connectivity index (χ4n) is 3.22. The maximum Gasteiger partial charge on any atom is 0.242 e.